The number of aromatic nitrogens is 3. The van der Waals surface area contributed by atoms with Crippen LogP contribution in [0.15, 0.2) is 0 Å². The second-order valence-corrected chi connectivity index (χ2v) is 8.40. The summed E-state index contributed by atoms with van der Waals surface area (Å²) < 4.78 is 10.9. The van der Waals surface area contributed by atoms with Gasteiger partial charge in [0.05, 0.1) is 24.4 Å². The molecular formula is C20H26ClN5O5S. The number of hydrogen-bond donors (Lipinski definition) is 2. The van der Waals surface area contributed by atoms with E-state index in [1.165, 1.54) is 0 Å². The highest BCUT2D eigenvalue weighted by Gasteiger charge is 2.34. The highest BCUT2D eigenvalue weighted by molar-refractivity contribution is 7.17. The molecule has 0 aromatic carbocycles. The number of nitrogens with zero attached hydrogens (tertiary/aromatic N) is 3. The molecule has 1 aliphatic rings. The van der Waals surface area contributed by atoms with Crippen molar-refractivity contribution in [3.05, 3.63) is 27.2 Å². The maximum atomic E-state index is 12.7. The number of carbonyl (C=O) groups excluding carboxylic acids is 3. The molecule has 0 bridgehead atoms. The summed E-state index contributed by atoms with van der Waals surface area (Å²) in [6.45, 7) is 7.17. The number of piperidine rings is 1. The highest BCUT2D eigenvalue weighted by Crippen LogP contribution is 2.29. The van der Waals surface area contributed by atoms with Crippen molar-refractivity contribution in [2.24, 2.45) is 0 Å². The summed E-state index contributed by atoms with van der Waals surface area (Å²) in [5.41, 5.74) is 0.772. The van der Waals surface area contributed by atoms with E-state index in [0.29, 0.717) is 54.8 Å². The predicted molar refractivity (Wildman–Crippen MR) is 120 cm³/mol. The molecule has 3 heterocycles. The number of esters is 1. The SMILES string of the molecule is CCOC(=O)c1sc(N2CC[C@@H](NC(=O)c3nc(Cl)c(CC)[nH]3)[C@@H](OCC)C2)nc1C=O. The zero-order chi connectivity index (χ0) is 23.3. The van der Waals surface area contributed by atoms with Crippen molar-refractivity contribution in [1.29, 1.82) is 0 Å². The Balaban J connectivity index is 1.72. The first kappa shape index (κ1) is 24.1. The Bertz CT molecular complexity index is 978. The molecule has 1 saturated heterocycles. The molecule has 2 atom stereocenters. The quantitative estimate of drug-likeness (QED) is 0.411. The summed E-state index contributed by atoms with van der Waals surface area (Å²) in [4.78, 5) is 49.7. The van der Waals surface area contributed by atoms with Crippen LogP contribution in [0.4, 0.5) is 5.13 Å². The van der Waals surface area contributed by atoms with Crippen molar-refractivity contribution in [2.45, 2.75) is 45.8 Å². The van der Waals surface area contributed by atoms with Crippen LogP contribution in [0.25, 0.3) is 0 Å². The Morgan fingerprint density at radius 3 is 2.72 bits per heavy atom. The molecular weight excluding hydrogens is 458 g/mol. The summed E-state index contributed by atoms with van der Waals surface area (Å²) >= 11 is 7.16. The minimum atomic E-state index is -0.564. The average molecular weight is 484 g/mol. The van der Waals surface area contributed by atoms with Gasteiger partial charge in [-0.25, -0.2) is 14.8 Å². The van der Waals surface area contributed by atoms with Gasteiger partial charge in [0.15, 0.2) is 22.4 Å². The summed E-state index contributed by atoms with van der Waals surface area (Å²) in [5, 5.41) is 3.81. The molecule has 2 N–H and O–H groups in total. The van der Waals surface area contributed by atoms with Gasteiger partial charge in [-0.2, -0.15) is 0 Å². The van der Waals surface area contributed by atoms with Crippen molar-refractivity contribution in [3.8, 4) is 0 Å². The largest absolute Gasteiger partial charge is 0.462 e. The zero-order valence-electron chi connectivity index (χ0n) is 18.1. The van der Waals surface area contributed by atoms with Crippen molar-refractivity contribution in [3.63, 3.8) is 0 Å². The Hall–Kier alpha value is -2.50. The molecule has 32 heavy (non-hydrogen) atoms. The number of aromatic amines is 1. The fourth-order valence-electron chi connectivity index (χ4n) is 3.48. The second-order valence-electron chi connectivity index (χ2n) is 7.07. The Morgan fingerprint density at radius 2 is 2.09 bits per heavy atom. The summed E-state index contributed by atoms with van der Waals surface area (Å²) in [6, 6.07) is -0.248. The maximum Gasteiger partial charge on any atom is 0.350 e. The predicted octanol–water partition coefficient (Wildman–Crippen LogP) is 2.49. The second kappa shape index (κ2) is 10.9. The van der Waals surface area contributed by atoms with Crippen LogP contribution in [0.5, 0.6) is 0 Å². The number of imidazole rings is 1. The first-order valence-corrected chi connectivity index (χ1v) is 11.7. The van der Waals surface area contributed by atoms with Gasteiger partial charge in [-0.1, -0.05) is 29.9 Å². The van der Waals surface area contributed by atoms with Crippen molar-refractivity contribution < 1.29 is 23.9 Å². The molecule has 0 spiro atoms. The van der Waals surface area contributed by atoms with Crippen molar-refractivity contribution in [2.75, 3.05) is 31.2 Å². The summed E-state index contributed by atoms with van der Waals surface area (Å²) in [6.07, 6.45) is 1.46. The first-order valence-electron chi connectivity index (χ1n) is 10.5. The third-order valence-electron chi connectivity index (χ3n) is 5.04. The zero-order valence-corrected chi connectivity index (χ0v) is 19.7. The van der Waals surface area contributed by atoms with Gasteiger partial charge in [0.1, 0.15) is 10.6 Å². The van der Waals surface area contributed by atoms with E-state index in [2.05, 4.69) is 20.3 Å². The molecule has 0 saturated carbocycles. The first-order chi connectivity index (χ1) is 15.4. The standard InChI is InChI=1S/C20H26ClN5O5S/c1-4-11-16(21)25-17(22-11)18(28)23-12-7-8-26(9-14(12)30-5-2)20-24-13(10-27)15(32-20)19(29)31-6-3/h10,12,14H,4-9H2,1-3H3,(H,22,25)(H,23,28)/t12-,14+/m1/s1. The third-order valence-corrected chi connectivity index (χ3v) is 6.46. The van der Waals surface area contributed by atoms with Gasteiger partial charge >= 0.3 is 5.97 Å². The highest BCUT2D eigenvalue weighted by atomic mass is 35.5. The number of anilines is 1. The van der Waals surface area contributed by atoms with Crippen LogP contribution in [0, 0.1) is 0 Å². The average Bonchev–Trinajstić information content (AvgIpc) is 3.38. The lowest BCUT2D eigenvalue weighted by atomic mass is 10.0. The number of thiazole rings is 1. The van der Waals surface area contributed by atoms with E-state index >= 15 is 0 Å². The van der Waals surface area contributed by atoms with Crippen LogP contribution in [-0.4, -0.2) is 71.6 Å². The maximum absolute atomic E-state index is 12.7. The molecule has 2 aromatic rings. The van der Waals surface area contributed by atoms with Crippen LogP contribution in [0.3, 0.4) is 0 Å². The fraction of sp³-hybridized carbons (Fsp3) is 0.550. The number of aldehydes is 1. The lowest BCUT2D eigenvalue weighted by Gasteiger charge is -2.38. The van der Waals surface area contributed by atoms with Crippen LogP contribution in [-0.2, 0) is 15.9 Å². The number of halogens is 1. The number of aryl methyl sites for hydroxylation is 1. The van der Waals surface area contributed by atoms with E-state index in [4.69, 9.17) is 21.1 Å². The lowest BCUT2D eigenvalue weighted by molar-refractivity contribution is 0.0271. The van der Waals surface area contributed by atoms with E-state index in [1.807, 2.05) is 18.7 Å². The smallest absolute Gasteiger partial charge is 0.350 e. The summed E-state index contributed by atoms with van der Waals surface area (Å²) in [5.74, 6) is -0.749. The number of H-pyrrole nitrogens is 1. The molecule has 10 nitrogen and oxygen atoms in total. The fourth-order valence-corrected chi connectivity index (χ4v) is 4.71. The van der Waals surface area contributed by atoms with Gasteiger partial charge in [0.25, 0.3) is 5.91 Å². The van der Waals surface area contributed by atoms with E-state index < -0.39 is 5.97 Å². The van der Waals surface area contributed by atoms with E-state index in [0.717, 1.165) is 11.3 Å². The molecule has 0 unspecified atom stereocenters. The van der Waals surface area contributed by atoms with Gasteiger partial charge in [-0.05, 0) is 26.7 Å². The number of carbonyl (C=O) groups is 3. The molecule has 0 radical (unpaired) electrons. The van der Waals surface area contributed by atoms with Gasteiger partial charge in [0, 0.05) is 19.7 Å². The minimum absolute atomic E-state index is 0.0632. The van der Waals surface area contributed by atoms with Gasteiger partial charge < -0.3 is 24.7 Å². The third kappa shape index (κ3) is 5.28. The number of ether oxygens (including phenoxy) is 2. The number of nitrogens with one attached hydrogen (secondary N) is 2. The van der Waals surface area contributed by atoms with E-state index in [1.54, 1.807) is 6.92 Å². The molecule has 2 aromatic heterocycles. The van der Waals surface area contributed by atoms with Crippen LogP contribution >= 0.6 is 22.9 Å². The topological polar surface area (TPSA) is 127 Å². The normalized spacial score (nSPS) is 18.4. The number of rotatable bonds is 9. The van der Waals surface area contributed by atoms with Gasteiger partial charge in [0.2, 0.25) is 0 Å². The lowest BCUT2D eigenvalue weighted by Crippen LogP contribution is -2.55. The minimum Gasteiger partial charge on any atom is -0.462 e. The van der Waals surface area contributed by atoms with Crippen molar-refractivity contribution >= 4 is 46.2 Å². The Kier molecular flexibility index (Phi) is 8.21. The van der Waals surface area contributed by atoms with Crippen molar-refractivity contribution in [1.82, 2.24) is 20.3 Å². The molecule has 1 aliphatic heterocycles. The van der Waals surface area contributed by atoms with Gasteiger partial charge in [-0.3, -0.25) is 9.59 Å². The molecule has 12 heteroatoms. The molecule has 1 amide bonds. The van der Waals surface area contributed by atoms with E-state index in [-0.39, 0.29) is 41.1 Å². The summed E-state index contributed by atoms with van der Waals surface area (Å²) in [7, 11) is 0. The Morgan fingerprint density at radius 1 is 1.31 bits per heavy atom. The van der Waals surface area contributed by atoms with Crippen LogP contribution < -0.4 is 10.2 Å². The number of amides is 1. The van der Waals surface area contributed by atoms with Crippen LogP contribution in [0.1, 0.15) is 63.7 Å². The monoisotopic (exact) mass is 483 g/mol. The molecule has 1 fully saturated rings. The number of hydrogen-bond acceptors (Lipinski definition) is 9. The molecule has 3 rings (SSSR count). The molecule has 0 aliphatic carbocycles. The molecule has 174 valence electrons. The van der Waals surface area contributed by atoms with Crippen LogP contribution in [0.2, 0.25) is 5.15 Å². The van der Waals surface area contributed by atoms with Gasteiger partial charge in [-0.15, -0.1) is 0 Å². The van der Waals surface area contributed by atoms with E-state index in [9.17, 15) is 14.4 Å². The Labute approximate surface area is 194 Å².